The SMILES string of the molecule is Cc1ccc(Br)c(NC(=O)NC(C(=O)O)C2CC2)c1. The van der Waals surface area contributed by atoms with Crippen LogP contribution in [0.25, 0.3) is 0 Å². The Kier molecular flexibility index (Phi) is 4.09. The minimum atomic E-state index is -0.985. The third kappa shape index (κ3) is 3.70. The quantitative estimate of drug-likeness (QED) is 0.796. The van der Waals surface area contributed by atoms with E-state index in [-0.39, 0.29) is 5.92 Å². The van der Waals surface area contributed by atoms with Gasteiger partial charge in [0.1, 0.15) is 6.04 Å². The number of amides is 2. The smallest absolute Gasteiger partial charge is 0.326 e. The maximum atomic E-state index is 11.8. The highest BCUT2D eigenvalue weighted by molar-refractivity contribution is 9.10. The third-order valence-corrected chi connectivity index (χ3v) is 3.71. The fourth-order valence-corrected chi connectivity index (χ4v) is 2.19. The first-order valence-electron chi connectivity index (χ1n) is 6.04. The van der Waals surface area contributed by atoms with Crippen molar-refractivity contribution in [1.82, 2.24) is 5.32 Å². The molecule has 1 fully saturated rings. The zero-order valence-electron chi connectivity index (χ0n) is 10.4. The van der Waals surface area contributed by atoms with Crippen LogP contribution in [0.1, 0.15) is 18.4 Å². The minimum absolute atomic E-state index is 0.0594. The average molecular weight is 327 g/mol. The number of hydrogen-bond donors (Lipinski definition) is 3. The molecule has 1 unspecified atom stereocenters. The highest BCUT2D eigenvalue weighted by atomic mass is 79.9. The van der Waals surface area contributed by atoms with Gasteiger partial charge in [0.05, 0.1) is 5.69 Å². The number of halogens is 1. The molecule has 102 valence electrons. The van der Waals surface area contributed by atoms with Gasteiger partial charge in [-0.3, -0.25) is 0 Å². The van der Waals surface area contributed by atoms with E-state index < -0.39 is 18.0 Å². The van der Waals surface area contributed by atoms with Gasteiger partial charge < -0.3 is 15.7 Å². The predicted octanol–water partition coefficient (Wildman–Crippen LogP) is 2.74. The Morgan fingerprint density at radius 2 is 2.11 bits per heavy atom. The standard InChI is InChI=1S/C13H15BrN2O3/c1-7-2-5-9(14)10(6-7)15-13(19)16-11(12(17)18)8-3-4-8/h2,5-6,8,11H,3-4H2,1H3,(H,17,18)(H2,15,16,19). The van der Waals surface area contributed by atoms with E-state index in [4.69, 9.17) is 5.11 Å². The summed E-state index contributed by atoms with van der Waals surface area (Å²) in [5, 5.41) is 14.2. The molecule has 2 amide bonds. The molecule has 0 spiro atoms. The summed E-state index contributed by atoms with van der Waals surface area (Å²) in [6.45, 7) is 1.92. The monoisotopic (exact) mass is 326 g/mol. The summed E-state index contributed by atoms with van der Waals surface area (Å²) in [6, 6.07) is 4.27. The molecule has 6 heteroatoms. The van der Waals surface area contributed by atoms with Crippen molar-refractivity contribution in [2.75, 3.05) is 5.32 Å². The van der Waals surface area contributed by atoms with E-state index >= 15 is 0 Å². The number of carbonyl (C=O) groups is 2. The van der Waals surface area contributed by atoms with Crippen molar-refractivity contribution < 1.29 is 14.7 Å². The molecule has 0 radical (unpaired) electrons. The van der Waals surface area contributed by atoms with Gasteiger partial charge in [-0.15, -0.1) is 0 Å². The van der Waals surface area contributed by atoms with E-state index in [1.54, 1.807) is 0 Å². The lowest BCUT2D eigenvalue weighted by Gasteiger charge is -2.15. The first-order chi connectivity index (χ1) is 8.97. The first kappa shape index (κ1) is 13.9. The van der Waals surface area contributed by atoms with Crippen molar-refractivity contribution >= 4 is 33.6 Å². The molecule has 1 aromatic carbocycles. The topological polar surface area (TPSA) is 78.4 Å². The summed E-state index contributed by atoms with van der Waals surface area (Å²) < 4.78 is 0.756. The largest absolute Gasteiger partial charge is 0.480 e. The van der Waals surface area contributed by atoms with E-state index in [0.29, 0.717) is 5.69 Å². The van der Waals surface area contributed by atoms with E-state index in [9.17, 15) is 9.59 Å². The van der Waals surface area contributed by atoms with Crippen LogP contribution in [0.4, 0.5) is 10.5 Å². The number of nitrogens with one attached hydrogen (secondary N) is 2. The number of aryl methyl sites for hydroxylation is 1. The Balaban J connectivity index is 2.00. The molecule has 0 heterocycles. The normalized spacial score (nSPS) is 15.7. The molecule has 1 atom stereocenters. The highest BCUT2D eigenvalue weighted by Gasteiger charge is 2.37. The van der Waals surface area contributed by atoms with Crippen molar-refractivity contribution in [3.63, 3.8) is 0 Å². The van der Waals surface area contributed by atoms with Gasteiger partial charge in [-0.1, -0.05) is 6.07 Å². The number of urea groups is 1. The molecular weight excluding hydrogens is 312 g/mol. The van der Waals surface area contributed by atoms with Crippen molar-refractivity contribution in [2.24, 2.45) is 5.92 Å². The molecule has 3 N–H and O–H groups in total. The summed E-state index contributed by atoms with van der Waals surface area (Å²) in [5.74, 6) is -0.926. The summed E-state index contributed by atoms with van der Waals surface area (Å²) in [5.41, 5.74) is 1.63. The molecule has 1 aromatic rings. The van der Waals surface area contributed by atoms with Crippen molar-refractivity contribution in [3.05, 3.63) is 28.2 Å². The lowest BCUT2D eigenvalue weighted by atomic mass is 10.2. The molecule has 19 heavy (non-hydrogen) atoms. The summed E-state index contributed by atoms with van der Waals surface area (Å²) in [7, 11) is 0. The molecule has 1 aliphatic rings. The summed E-state index contributed by atoms with van der Waals surface area (Å²) in [4.78, 5) is 22.9. The minimum Gasteiger partial charge on any atom is -0.480 e. The van der Waals surface area contributed by atoms with Gasteiger partial charge >= 0.3 is 12.0 Å². The Labute approximate surface area is 119 Å². The van der Waals surface area contributed by atoms with Gasteiger partial charge in [0, 0.05) is 4.47 Å². The second-order valence-corrected chi connectivity index (χ2v) is 5.59. The number of benzene rings is 1. The van der Waals surface area contributed by atoms with Crippen LogP contribution in [0.2, 0.25) is 0 Å². The number of rotatable bonds is 4. The van der Waals surface area contributed by atoms with Crippen molar-refractivity contribution in [2.45, 2.75) is 25.8 Å². The lowest BCUT2D eigenvalue weighted by Crippen LogP contribution is -2.44. The fraction of sp³-hybridized carbons (Fsp3) is 0.385. The molecule has 1 aliphatic carbocycles. The van der Waals surface area contributed by atoms with E-state index in [0.717, 1.165) is 22.9 Å². The van der Waals surface area contributed by atoms with Crippen LogP contribution in [0.5, 0.6) is 0 Å². The number of aliphatic carboxylic acids is 1. The van der Waals surface area contributed by atoms with Gasteiger partial charge in [0.15, 0.2) is 0 Å². The molecule has 0 bridgehead atoms. The molecule has 0 aromatic heterocycles. The molecule has 0 saturated heterocycles. The second-order valence-electron chi connectivity index (χ2n) is 4.74. The molecule has 1 saturated carbocycles. The molecular formula is C13H15BrN2O3. The van der Waals surface area contributed by atoms with Gasteiger partial charge in [-0.25, -0.2) is 9.59 Å². The summed E-state index contributed by atoms with van der Waals surface area (Å²) >= 11 is 3.34. The molecule has 5 nitrogen and oxygen atoms in total. The summed E-state index contributed by atoms with van der Waals surface area (Å²) in [6.07, 6.45) is 1.71. The Morgan fingerprint density at radius 3 is 2.68 bits per heavy atom. The fourth-order valence-electron chi connectivity index (χ4n) is 1.85. The zero-order chi connectivity index (χ0) is 14.0. The van der Waals surface area contributed by atoms with Crippen LogP contribution >= 0.6 is 15.9 Å². The number of carboxylic acid groups (broad SMARTS) is 1. The van der Waals surface area contributed by atoms with Crippen molar-refractivity contribution in [1.29, 1.82) is 0 Å². The van der Waals surface area contributed by atoms with E-state index in [2.05, 4.69) is 26.6 Å². The van der Waals surface area contributed by atoms with Crippen LogP contribution in [0.15, 0.2) is 22.7 Å². The molecule has 0 aliphatic heterocycles. The van der Waals surface area contributed by atoms with Crippen LogP contribution in [-0.4, -0.2) is 23.1 Å². The zero-order valence-corrected chi connectivity index (χ0v) is 12.0. The third-order valence-electron chi connectivity index (χ3n) is 3.02. The first-order valence-corrected chi connectivity index (χ1v) is 6.83. The lowest BCUT2D eigenvalue weighted by molar-refractivity contribution is -0.139. The maximum Gasteiger partial charge on any atom is 0.326 e. The average Bonchev–Trinajstić information content (AvgIpc) is 3.14. The van der Waals surface area contributed by atoms with E-state index in [1.165, 1.54) is 0 Å². The van der Waals surface area contributed by atoms with Gasteiger partial charge in [-0.05, 0) is 59.3 Å². The molecule has 2 rings (SSSR count). The highest BCUT2D eigenvalue weighted by Crippen LogP contribution is 2.32. The maximum absolute atomic E-state index is 11.8. The number of anilines is 1. The van der Waals surface area contributed by atoms with Crippen LogP contribution in [0.3, 0.4) is 0 Å². The van der Waals surface area contributed by atoms with Gasteiger partial charge in [0.25, 0.3) is 0 Å². The second kappa shape index (κ2) is 5.61. The predicted molar refractivity (Wildman–Crippen MR) is 75.2 cm³/mol. The number of carbonyl (C=O) groups excluding carboxylic acids is 1. The van der Waals surface area contributed by atoms with Crippen molar-refractivity contribution in [3.8, 4) is 0 Å². The van der Waals surface area contributed by atoms with Crippen LogP contribution in [0, 0.1) is 12.8 Å². The number of carboxylic acids is 1. The van der Waals surface area contributed by atoms with Gasteiger partial charge in [0.2, 0.25) is 0 Å². The Bertz CT molecular complexity index is 515. The van der Waals surface area contributed by atoms with Crippen LogP contribution in [-0.2, 0) is 4.79 Å². The number of hydrogen-bond acceptors (Lipinski definition) is 2. The van der Waals surface area contributed by atoms with Crippen LogP contribution < -0.4 is 10.6 Å². The van der Waals surface area contributed by atoms with E-state index in [1.807, 2.05) is 25.1 Å². The Hall–Kier alpha value is -1.56. The van der Waals surface area contributed by atoms with Gasteiger partial charge in [-0.2, -0.15) is 0 Å². The Morgan fingerprint density at radius 1 is 1.42 bits per heavy atom.